The third-order valence-electron chi connectivity index (χ3n) is 5.27. The highest BCUT2D eigenvalue weighted by Crippen LogP contribution is 2.32. The zero-order valence-corrected chi connectivity index (χ0v) is 19.8. The summed E-state index contributed by atoms with van der Waals surface area (Å²) < 4.78 is 40.7. The van der Waals surface area contributed by atoms with Gasteiger partial charge < -0.3 is 10.6 Å². The Morgan fingerprint density at radius 3 is 2.63 bits per heavy atom. The number of rotatable bonds is 6. The first-order valence-electron chi connectivity index (χ1n) is 10.4. The van der Waals surface area contributed by atoms with Crippen molar-refractivity contribution in [2.24, 2.45) is 7.05 Å². The summed E-state index contributed by atoms with van der Waals surface area (Å²) in [5.41, 5.74) is 2.51. The Hall–Kier alpha value is -3.86. The molecular weight excluding hydrogens is 477 g/mol. The maximum Gasteiger partial charge on any atom is 0.416 e. The summed E-state index contributed by atoms with van der Waals surface area (Å²) in [6.07, 6.45) is 0.589. The van der Waals surface area contributed by atoms with Crippen LogP contribution in [0, 0.1) is 6.92 Å². The van der Waals surface area contributed by atoms with Crippen LogP contribution in [0.2, 0.25) is 0 Å². The molecule has 4 rings (SSSR count). The van der Waals surface area contributed by atoms with Crippen LogP contribution < -0.4 is 10.6 Å². The van der Waals surface area contributed by atoms with Crippen molar-refractivity contribution in [1.29, 1.82) is 0 Å². The zero-order valence-electron chi connectivity index (χ0n) is 19.0. The Bertz CT molecular complexity index is 1390. The van der Waals surface area contributed by atoms with E-state index in [9.17, 15) is 18.0 Å². The number of anilines is 3. The van der Waals surface area contributed by atoms with Crippen molar-refractivity contribution < 1.29 is 18.0 Å². The Labute approximate surface area is 203 Å². The van der Waals surface area contributed by atoms with E-state index in [1.807, 2.05) is 19.2 Å². The van der Waals surface area contributed by atoms with Gasteiger partial charge in [-0.2, -0.15) is 18.3 Å². The van der Waals surface area contributed by atoms with Gasteiger partial charge in [-0.1, -0.05) is 12.1 Å². The van der Waals surface area contributed by atoms with Gasteiger partial charge in [0.25, 0.3) is 5.91 Å². The Kier molecular flexibility index (Phi) is 6.79. The molecule has 1 amide bonds. The Morgan fingerprint density at radius 2 is 1.89 bits per heavy atom. The maximum absolute atomic E-state index is 13.0. The summed E-state index contributed by atoms with van der Waals surface area (Å²) in [5, 5.41) is 11.2. The van der Waals surface area contributed by atoms with E-state index in [0.717, 1.165) is 28.3 Å². The fourth-order valence-electron chi connectivity index (χ4n) is 3.37. The molecule has 4 aromatic rings. The first-order chi connectivity index (χ1) is 16.7. The largest absolute Gasteiger partial charge is 0.416 e. The minimum Gasteiger partial charge on any atom is -0.340 e. The third-order valence-corrected chi connectivity index (χ3v) is 5.91. The summed E-state index contributed by atoms with van der Waals surface area (Å²) in [7, 11) is 1.79. The van der Waals surface area contributed by atoms with Crippen LogP contribution in [0.25, 0.3) is 11.3 Å². The van der Waals surface area contributed by atoms with E-state index in [4.69, 9.17) is 0 Å². The van der Waals surface area contributed by atoms with E-state index in [-0.39, 0.29) is 5.56 Å². The maximum atomic E-state index is 13.0. The average molecular weight is 499 g/mol. The highest BCUT2D eigenvalue weighted by atomic mass is 32.2. The number of amides is 1. The van der Waals surface area contributed by atoms with E-state index < -0.39 is 17.6 Å². The van der Waals surface area contributed by atoms with Gasteiger partial charge in [0, 0.05) is 24.0 Å². The van der Waals surface area contributed by atoms with Crippen molar-refractivity contribution in [3.8, 4) is 11.3 Å². The lowest BCUT2D eigenvalue weighted by atomic mass is 10.1. The van der Waals surface area contributed by atoms with Crippen LogP contribution in [0.4, 0.5) is 30.4 Å². The van der Waals surface area contributed by atoms with Gasteiger partial charge in [0.2, 0.25) is 0 Å². The van der Waals surface area contributed by atoms with Gasteiger partial charge in [-0.15, -0.1) is 11.8 Å². The molecule has 35 heavy (non-hydrogen) atoms. The van der Waals surface area contributed by atoms with E-state index >= 15 is 0 Å². The fraction of sp³-hybridized carbons (Fsp3) is 0.167. The fourth-order valence-corrected chi connectivity index (χ4v) is 3.76. The highest BCUT2D eigenvalue weighted by molar-refractivity contribution is 7.98. The lowest BCUT2D eigenvalue weighted by molar-refractivity contribution is -0.137. The second kappa shape index (κ2) is 9.79. The minimum atomic E-state index is -4.53. The van der Waals surface area contributed by atoms with Gasteiger partial charge in [-0.3, -0.25) is 9.48 Å². The topological polar surface area (TPSA) is 84.7 Å². The Morgan fingerprint density at radius 1 is 1.09 bits per heavy atom. The predicted octanol–water partition coefficient (Wildman–Crippen LogP) is 5.92. The highest BCUT2D eigenvalue weighted by Gasteiger charge is 2.30. The molecular formula is C24H21F3N6OS. The molecule has 0 atom stereocenters. The van der Waals surface area contributed by atoms with Crippen molar-refractivity contribution in [2.75, 3.05) is 16.9 Å². The first-order valence-corrected chi connectivity index (χ1v) is 11.6. The molecule has 0 radical (unpaired) electrons. The van der Waals surface area contributed by atoms with Crippen LogP contribution in [0.5, 0.6) is 0 Å². The van der Waals surface area contributed by atoms with Crippen molar-refractivity contribution in [3.05, 3.63) is 77.7 Å². The third kappa shape index (κ3) is 5.46. The SMILES string of the molecule is CSc1cc(-c2cnn(C)c2Nc2cc(NC(=O)c3cccc(C(F)(F)F)c3)ccc2C)ncn1. The molecule has 0 saturated heterocycles. The van der Waals surface area contributed by atoms with E-state index in [2.05, 4.69) is 25.7 Å². The molecule has 0 bridgehead atoms. The number of nitrogens with zero attached hydrogens (tertiary/aromatic N) is 4. The summed E-state index contributed by atoms with van der Waals surface area (Å²) >= 11 is 1.50. The first kappa shape index (κ1) is 24.3. The second-order valence-electron chi connectivity index (χ2n) is 7.66. The van der Waals surface area contributed by atoms with E-state index in [1.165, 1.54) is 30.2 Å². The molecule has 180 valence electrons. The molecule has 2 aromatic heterocycles. The normalized spacial score (nSPS) is 11.4. The molecule has 0 aliphatic carbocycles. The monoisotopic (exact) mass is 498 g/mol. The number of aromatic nitrogens is 4. The number of aryl methyl sites for hydroxylation is 2. The molecule has 11 heteroatoms. The van der Waals surface area contributed by atoms with Gasteiger partial charge in [0.05, 0.1) is 28.0 Å². The van der Waals surface area contributed by atoms with Crippen molar-refractivity contribution in [3.63, 3.8) is 0 Å². The van der Waals surface area contributed by atoms with Crippen LogP contribution in [-0.2, 0) is 13.2 Å². The minimum absolute atomic E-state index is 0.0859. The van der Waals surface area contributed by atoms with Crippen LogP contribution in [0.1, 0.15) is 21.5 Å². The lowest BCUT2D eigenvalue weighted by Gasteiger charge is -2.14. The van der Waals surface area contributed by atoms with Gasteiger partial charge in [-0.05, 0) is 55.1 Å². The average Bonchev–Trinajstić information content (AvgIpc) is 3.20. The molecule has 7 nitrogen and oxygen atoms in total. The van der Waals surface area contributed by atoms with Crippen molar-refractivity contribution in [1.82, 2.24) is 19.7 Å². The van der Waals surface area contributed by atoms with Crippen molar-refractivity contribution in [2.45, 2.75) is 18.1 Å². The molecule has 0 saturated carbocycles. The lowest BCUT2D eigenvalue weighted by Crippen LogP contribution is -2.14. The van der Waals surface area contributed by atoms with Crippen LogP contribution in [-0.4, -0.2) is 31.9 Å². The molecule has 2 heterocycles. The van der Waals surface area contributed by atoms with Gasteiger partial charge in [-0.25, -0.2) is 9.97 Å². The summed E-state index contributed by atoms with van der Waals surface area (Å²) in [5.74, 6) is 0.0397. The Balaban J connectivity index is 1.60. The standard InChI is InChI=1S/C24H21F3N6OS/c1-14-7-8-17(31-23(34)15-5-4-6-16(9-15)24(25,26)27)10-19(14)32-22-18(12-30-33(22)2)20-11-21(35-3)29-13-28-20/h4-13,32H,1-3H3,(H,31,34). The number of carbonyl (C=O) groups is 1. The quantitative estimate of drug-likeness (QED) is 0.254. The van der Waals surface area contributed by atoms with Gasteiger partial charge >= 0.3 is 6.18 Å². The number of halogens is 3. The smallest absolute Gasteiger partial charge is 0.340 e. The van der Waals surface area contributed by atoms with E-state index in [0.29, 0.717) is 22.9 Å². The number of hydrogen-bond acceptors (Lipinski definition) is 6. The number of carbonyl (C=O) groups excluding carboxylic acids is 1. The molecule has 0 spiro atoms. The van der Waals surface area contributed by atoms with E-state index in [1.54, 1.807) is 36.1 Å². The van der Waals surface area contributed by atoms with Crippen LogP contribution in [0.15, 0.2) is 66.1 Å². The molecule has 0 fully saturated rings. The molecule has 0 aliphatic rings. The van der Waals surface area contributed by atoms with Crippen molar-refractivity contribution >= 4 is 34.9 Å². The summed E-state index contributed by atoms with van der Waals surface area (Å²) in [6.45, 7) is 1.90. The summed E-state index contributed by atoms with van der Waals surface area (Å²) in [4.78, 5) is 21.2. The second-order valence-corrected chi connectivity index (χ2v) is 8.49. The molecule has 0 aliphatic heterocycles. The predicted molar refractivity (Wildman–Crippen MR) is 130 cm³/mol. The molecule has 0 unspecified atom stereocenters. The van der Waals surface area contributed by atoms with Crippen LogP contribution >= 0.6 is 11.8 Å². The van der Waals surface area contributed by atoms with Crippen LogP contribution in [0.3, 0.4) is 0 Å². The molecule has 2 N–H and O–H groups in total. The summed E-state index contributed by atoms with van der Waals surface area (Å²) in [6, 6.07) is 11.4. The number of nitrogens with one attached hydrogen (secondary N) is 2. The molecule has 2 aromatic carbocycles. The number of benzene rings is 2. The number of thioether (sulfide) groups is 1. The zero-order chi connectivity index (χ0) is 25.2. The number of alkyl halides is 3. The van der Waals surface area contributed by atoms with Gasteiger partial charge in [0.1, 0.15) is 12.1 Å². The van der Waals surface area contributed by atoms with Gasteiger partial charge in [0.15, 0.2) is 0 Å². The number of hydrogen-bond donors (Lipinski definition) is 2.